The summed E-state index contributed by atoms with van der Waals surface area (Å²) in [6, 6.07) is 6.47. The fraction of sp³-hybridized carbons (Fsp3) is 0.562. The van der Waals surface area contributed by atoms with Crippen LogP contribution in [-0.4, -0.2) is 43.8 Å². The first-order valence-corrected chi connectivity index (χ1v) is 8.42. The van der Waals surface area contributed by atoms with E-state index in [1.54, 1.807) is 0 Å². The van der Waals surface area contributed by atoms with Crippen molar-refractivity contribution in [1.82, 2.24) is 0 Å². The molecule has 2 aliphatic heterocycles. The Morgan fingerprint density at radius 1 is 1.29 bits per heavy atom. The second-order valence-electron chi connectivity index (χ2n) is 6.06. The molecule has 1 saturated heterocycles. The third-order valence-corrected chi connectivity index (χ3v) is 5.33. The monoisotopic (exact) mass is 305 g/mol. The van der Waals surface area contributed by atoms with Crippen LogP contribution in [0.3, 0.4) is 0 Å². The van der Waals surface area contributed by atoms with Crippen LogP contribution in [0, 0.1) is 6.92 Å². The van der Waals surface area contributed by atoms with E-state index in [1.807, 2.05) is 11.8 Å². The quantitative estimate of drug-likeness (QED) is 0.911. The smallest absolute Gasteiger partial charge is 0.161 e. The Labute approximate surface area is 131 Å². The highest BCUT2D eigenvalue weighted by Crippen LogP contribution is 2.36. The van der Waals surface area contributed by atoms with E-state index in [2.05, 4.69) is 49.4 Å². The van der Waals surface area contributed by atoms with E-state index in [9.17, 15) is 0 Å². The highest BCUT2D eigenvalue weighted by atomic mass is 32.2. The molecule has 2 aliphatic rings. The third-order valence-electron chi connectivity index (χ3n) is 4.18. The summed E-state index contributed by atoms with van der Waals surface area (Å²) in [7, 11) is 4.15. The Morgan fingerprint density at radius 2 is 2.05 bits per heavy atom. The van der Waals surface area contributed by atoms with E-state index in [0.717, 1.165) is 42.7 Å². The normalized spacial score (nSPS) is 20.4. The molecule has 0 saturated carbocycles. The predicted molar refractivity (Wildman–Crippen MR) is 91.8 cm³/mol. The average Bonchev–Trinajstić information content (AvgIpc) is 2.84. The highest BCUT2D eigenvalue weighted by molar-refractivity contribution is 8.14. The van der Waals surface area contributed by atoms with Gasteiger partial charge >= 0.3 is 0 Å². The Hall–Kier alpha value is -1.20. The summed E-state index contributed by atoms with van der Waals surface area (Å²) in [5.74, 6) is 1.07. The fourth-order valence-corrected chi connectivity index (χ4v) is 4.05. The molecule has 0 unspecified atom stereocenters. The van der Waals surface area contributed by atoms with Crippen molar-refractivity contribution in [3.8, 4) is 0 Å². The van der Waals surface area contributed by atoms with Gasteiger partial charge < -0.3 is 15.0 Å². The van der Waals surface area contributed by atoms with Crippen LogP contribution in [0.1, 0.15) is 18.4 Å². The summed E-state index contributed by atoms with van der Waals surface area (Å²) in [5.41, 5.74) is 3.75. The van der Waals surface area contributed by atoms with Gasteiger partial charge in [-0.05, 0) is 37.5 Å². The Balaban J connectivity index is 1.75. The zero-order valence-electron chi connectivity index (χ0n) is 13.0. The van der Waals surface area contributed by atoms with Crippen LogP contribution in [0.5, 0.6) is 0 Å². The molecule has 1 N–H and O–H groups in total. The van der Waals surface area contributed by atoms with Crippen LogP contribution in [-0.2, 0) is 4.74 Å². The zero-order valence-corrected chi connectivity index (χ0v) is 13.8. The Kier molecular flexibility index (Phi) is 4.13. The SMILES string of the molecule is Cc1ccc(NC2=NC3(CCOCC3)CS2)cc1N(C)C. The van der Waals surface area contributed by atoms with Crippen molar-refractivity contribution in [2.75, 3.05) is 43.3 Å². The van der Waals surface area contributed by atoms with Crippen molar-refractivity contribution in [3.63, 3.8) is 0 Å². The number of benzene rings is 1. The number of hydrogen-bond donors (Lipinski definition) is 1. The number of amidine groups is 1. The van der Waals surface area contributed by atoms with E-state index in [0.29, 0.717) is 0 Å². The van der Waals surface area contributed by atoms with Crippen molar-refractivity contribution in [1.29, 1.82) is 0 Å². The summed E-state index contributed by atoms with van der Waals surface area (Å²) < 4.78 is 5.46. The Bertz CT molecular complexity index is 550. The third kappa shape index (κ3) is 3.19. The second kappa shape index (κ2) is 5.89. The molecule has 2 heterocycles. The number of aliphatic imine (C=N–C) groups is 1. The summed E-state index contributed by atoms with van der Waals surface area (Å²) in [6.45, 7) is 3.82. The van der Waals surface area contributed by atoms with Gasteiger partial charge in [-0.15, -0.1) is 0 Å². The molecule has 0 amide bonds. The number of ether oxygens (including phenoxy) is 1. The second-order valence-corrected chi connectivity index (χ2v) is 7.03. The fourth-order valence-electron chi connectivity index (χ4n) is 2.85. The van der Waals surface area contributed by atoms with Gasteiger partial charge in [-0.1, -0.05) is 17.8 Å². The summed E-state index contributed by atoms with van der Waals surface area (Å²) in [5, 5.41) is 4.53. The number of nitrogens with one attached hydrogen (secondary N) is 1. The van der Waals surface area contributed by atoms with Crippen LogP contribution in [0.4, 0.5) is 11.4 Å². The molecule has 0 radical (unpaired) electrons. The van der Waals surface area contributed by atoms with E-state index in [1.165, 1.54) is 11.3 Å². The maximum atomic E-state index is 5.46. The molecule has 5 heteroatoms. The predicted octanol–water partition coefficient (Wildman–Crippen LogP) is 3.12. The lowest BCUT2D eigenvalue weighted by Crippen LogP contribution is -2.34. The summed E-state index contributed by atoms with van der Waals surface area (Å²) in [4.78, 5) is 7.09. The van der Waals surface area contributed by atoms with Crippen molar-refractivity contribution in [2.24, 2.45) is 4.99 Å². The molecule has 21 heavy (non-hydrogen) atoms. The van der Waals surface area contributed by atoms with Gasteiger partial charge in [0, 0.05) is 44.4 Å². The number of anilines is 2. The van der Waals surface area contributed by atoms with Gasteiger partial charge in [0.05, 0.1) is 5.54 Å². The lowest BCUT2D eigenvalue weighted by Gasteiger charge is -2.29. The largest absolute Gasteiger partial charge is 0.381 e. The number of thioether (sulfide) groups is 1. The van der Waals surface area contributed by atoms with Crippen LogP contribution in [0.15, 0.2) is 23.2 Å². The van der Waals surface area contributed by atoms with E-state index < -0.39 is 0 Å². The van der Waals surface area contributed by atoms with Gasteiger partial charge in [-0.2, -0.15) is 0 Å². The summed E-state index contributed by atoms with van der Waals surface area (Å²) in [6.07, 6.45) is 2.09. The standard InChI is InChI=1S/C16H23N3OS/c1-12-4-5-13(10-14(12)19(2)3)17-15-18-16(11-21-15)6-8-20-9-7-16/h4-5,10H,6-9,11H2,1-3H3,(H,17,18). The molecule has 0 bridgehead atoms. The number of hydrogen-bond acceptors (Lipinski definition) is 5. The highest BCUT2D eigenvalue weighted by Gasteiger charge is 2.37. The molecule has 0 aliphatic carbocycles. The maximum absolute atomic E-state index is 5.46. The van der Waals surface area contributed by atoms with E-state index >= 15 is 0 Å². The molecule has 1 aromatic rings. The number of rotatable bonds is 2. The summed E-state index contributed by atoms with van der Waals surface area (Å²) >= 11 is 1.83. The number of nitrogens with zero attached hydrogens (tertiary/aromatic N) is 2. The van der Waals surface area contributed by atoms with Crippen molar-refractivity contribution in [3.05, 3.63) is 23.8 Å². The number of aryl methyl sites for hydroxylation is 1. The van der Waals surface area contributed by atoms with Crippen molar-refractivity contribution in [2.45, 2.75) is 25.3 Å². The minimum atomic E-state index is 0.111. The minimum Gasteiger partial charge on any atom is -0.381 e. The van der Waals surface area contributed by atoms with Gasteiger partial charge in [0.25, 0.3) is 0 Å². The van der Waals surface area contributed by atoms with Crippen LogP contribution in [0.2, 0.25) is 0 Å². The lowest BCUT2D eigenvalue weighted by atomic mass is 9.93. The van der Waals surface area contributed by atoms with Gasteiger partial charge in [0.2, 0.25) is 0 Å². The van der Waals surface area contributed by atoms with Gasteiger partial charge in [0.1, 0.15) is 0 Å². The van der Waals surface area contributed by atoms with Gasteiger partial charge in [-0.25, -0.2) is 0 Å². The van der Waals surface area contributed by atoms with Gasteiger partial charge in [-0.3, -0.25) is 4.99 Å². The van der Waals surface area contributed by atoms with Crippen LogP contribution < -0.4 is 10.2 Å². The molecular formula is C16H23N3OS. The molecule has 0 aromatic heterocycles. The first-order chi connectivity index (χ1) is 10.1. The zero-order chi connectivity index (χ0) is 14.9. The lowest BCUT2D eigenvalue weighted by molar-refractivity contribution is 0.0624. The van der Waals surface area contributed by atoms with Gasteiger partial charge in [0.15, 0.2) is 5.17 Å². The molecule has 114 valence electrons. The molecule has 3 rings (SSSR count). The molecular weight excluding hydrogens is 282 g/mol. The first kappa shape index (κ1) is 14.7. The molecule has 1 fully saturated rings. The van der Waals surface area contributed by atoms with E-state index in [4.69, 9.17) is 9.73 Å². The van der Waals surface area contributed by atoms with Crippen LogP contribution >= 0.6 is 11.8 Å². The molecule has 1 aromatic carbocycles. The van der Waals surface area contributed by atoms with Crippen LogP contribution in [0.25, 0.3) is 0 Å². The minimum absolute atomic E-state index is 0.111. The Morgan fingerprint density at radius 3 is 2.76 bits per heavy atom. The first-order valence-electron chi connectivity index (χ1n) is 7.43. The van der Waals surface area contributed by atoms with E-state index in [-0.39, 0.29) is 5.54 Å². The maximum Gasteiger partial charge on any atom is 0.161 e. The van der Waals surface area contributed by atoms with Crippen molar-refractivity contribution >= 4 is 28.3 Å². The molecule has 4 nitrogen and oxygen atoms in total. The topological polar surface area (TPSA) is 36.9 Å². The average molecular weight is 305 g/mol. The molecule has 1 spiro atoms. The van der Waals surface area contributed by atoms with Crippen molar-refractivity contribution < 1.29 is 4.74 Å². The molecule has 0 atom stereocenters.